The standard InChI is InChI=1S/C19H29N3O2S2/c1-18(2,3)17-21-15(13-25-17)12-20-11-14-9-7-8-10-16(14)26(23,24)22-19(4,5)6/h7-10,13,20,22H,11-12H2,1-6H3. The fourth-order valence-corrected chi connectivity index (χ4v) is 4.99. The minimum absolute atomic E-state index is 0.0439. The summed E-state index contributed by atoms with van der Waals surface area (Å²) >= 11 is 1.66. The van der Waals surface area contributed by atoms with Crippen molar-refractivity contribution in [3.63, 3.8) is 0 Å². The molecule has 0 aliphatic heterocycles. The van der Waals surface area contributed by atoms with Gasteiger partial charge in [-0.05, 0) is 32.4 Å². The SMILES string of the molecule is CC(C)(C)NS(=O)(=O)c1ccccc1CNCc1csc(C(C)(C)C)n1. The van der Waals surface area contributed by atoms with Crippen molar-refractivity contribution in [2.24, 2.45) is 0 Å². The molecule has 1 heterocycles. The van der Waals surface area contributed by atoms with Gasteiger partial charge >= 0.3 is 0 Å². The van der Waals surface area contributed by atoms with E-state index in [9.17, 15) is 8.42 Å². The maximum atomic E-state index is 12.7. The van der Waals surface area contributed by atoms with Gasteiger partial charge in [0.05, 0.1) is 15.6 Å². The van der Waals surface area contributed by atoms with E-state index >= 15 is 0 Å². The summed E-state index contributed by atoms with van der Waals surface area (Å²) in [4.78, 5) is 4.97. The van der Waals surface area contributed by atoms with Gasteiger partial charge < -0.3 is 5.32 Å². The zero-order valence-corrected chi connectivity index (χ0v) is 18.0. The van der Waals surface area contributed by atoms with Gasteiger partial charge in [0.1, 0.15) is 0 Å². The first-order valence-corrected chi connectivity index (χ1v) is 11.0. The highest BCUT2D eigenvalue weighted by molar-refractivity contribution is 7.89. The number of hydrogen-bond donors (Lipinski definition) is 2. The van der Waals surface area contributed by atoms with Crippen molar-refractivity contribution in [3.05, 3.63) is 45.9 Å². The van der Waals surface area contributed by atoms with E-state index in [-0.39, 0.29) is 5.41 Å². The van der Waals surface area contributed by atoms with Crippen LogP contribution in [0.1, 0.15) is 57.8 Å². The lowest BCUT2D eigenvalue weighted by Gasteiger charge is -2.21. The zero-order valence-electron chi connectivity index (χ0n) is 16.4. The second-order valence-electron chi connectivity index (χ2n) is 8.46. The van der Waals surface area contributed by atoms with Crippen molar-refractivity contribution in [1.82, 2.24) is 15.0 Å². The van der Waals surface area contributed by atoms with Crippen LogP contribution in [0.25, 0.3) is 0 Å². The molecule has 0 aliphatic rings. The first-order valence-electron chi connectivity index (χ1n) is 8.66. The van der Waals surface area contributed by atoms with E-state index in [1.54, 1.807) is 23.5 Å². The number of hydrogen-bond acceptors (Lipinski definition) is 5. The van der Waals surface area contributed by atoms with E-state index in [4.69, 9.17) is 0 Å². The van der Waals surface area contributed by atoms with Gasteiger partial charge in [0.25, 0.3) is 0 Å². The smallest absolute Gasteiger partial charge is 0.241 e. The van der Waals surface area contributed by atoms with Crippen LogP contribution in [0.15, 0.2) is 34.5 Å². The second-order valence-corrected chi connectivity index (χ2v) is 11.0. The van der Waals surface area contributed by atoms with E-state index < -0.39 is 15.6 Å². The van der Waals surface area contributed by atoms with Gasteiger partial charge in [-0.25, -0.2) is 18.1 Å². The van der Waals surface area contributed by atoms with Crippen LogP contribution in [0, 0.1) is 0 Å². The largest absolute Gasteiger partial charge is 0.307 e. The first-order chi connectivity index (χ1) is 11.9. The van der Waals surface area contributed by atoms with Crippen LogP contribution < -0.4 is 10.0 Å². The number of benzene rings is 1. The molecule has 144 valence electrons. The molecule has 2 N–H and O–H groups in total. The van der Waals surface area contributed by atoms with Gasteiger partial charge in [-0.3, -0.25) is 0 Å². The topological polar surface area (TPSA) is 71.1 Å². The van der Waals surface area contributed by atoms with E-state index in [0.29, 0.717) is 18.0 Å². The van der Waals surface area contributed by atoms with Crippen molar-refractivity contribution in [2.45, 2.75) is 70.5 Å². The Labute approximate surface area is 161 Å². The average Bonchev–Trinajstić information content (AvgIpc) is 2.94. The normalized spacial score (nSPS) is 13.2. The highest BCUT2D eigenvalue weighted by atomic mass is 32.2. The fourth-order valence-electron chi connectivity index (χ4n) is 2.43. The average molecular weight is 396 g/mol. The maximum absolute atomic E-state index is 12.7. The van der Waals surface area contributed by atoms with Gasteiger partial charge in [0.2, 0.25) is 10.0 Å². The number of aromatic nitrogens is 1. The number of nitrogens with zero attached hydrogens (tertiary/aromatic N) is 1. The van der Waals surface area contributed by atoms with Gasteiger partial charge in [-0.1, -0.05) is 39.0 Å². The Morgan fingerprint density at radius 1 is 1.04 bits per heavy atom. The Hall–Kier alpha value is -1.28. The van der Waals surface area contributed by atoms with Gasteiger partial charge in [-0.2, -0.15) is 0 Å². The monoisotopic (exact) mass is 395 g/mol. The van der Waals surface area contributed by atoms with Crippen molar-refractivity contribution in [2.75, 3.05) is 0 Å². The molecule has 0 bridgehead atoms. The molecule has 0 amide bonds. The van der Waals surface area contributed by atoms with E-state index in [1.807, 2.05) is 32.9 Å². The lowest BCUT2D eigenvalue weighted by molar-refractivity contribution is 0.490. The molecule has 5 nitrogen and oxygen atoms in total. The number of rotatable bonds is 6. The molecule has 0 saturated carbocycles. The van der Waals surface area contributed by atoms with Crippen LogP contribution in [-0.2, 0) is 28.5 Å². The van der Waals surface area contributed by atoms with Crippen molar-refractivity contribution in [3.8, 4) is 0 Å². The molecular formula is C19H29N3O2S2. The summed E-state index contributed by atoms with van der Waals surface area (Å²) in [5, 5.41) is 6.47. The number of thiazole rings is 1. The minimum Gasteiger partial charge on any atom is -0.307 e. The van der Waals surface area contributed by atoms with Gasteiger partial charge in [0, 0.05) is 29.4 Å². The molecule has 2 rings (SSSR count). The minimum atomic E-state index is -3.56. The molecule has 1 aromatic heterocycles. The number of sulfonamides is 1. The zero-order chi connectivity index (χ0) is 19.6. The molecule has 0 fully saturated rings. The Morgan fingerprint density at radius 2 is 1.69 bits per heavy atom. The summed E-state index contributed by atoms with van der Waals surface area (Å²) in [6.45, 7) is 13.0. The van der Waals surface area contributed by atoms with Crippen LogP contribution in [0.4, 0.5) is 0 Å². The number of nitrogens with one attached hydrogen (secondary N) is 2. The van der Waals surface area contributed by atoms with Crippen molar-refractivity contribution < 1.29 is 8.42 Å². The Bertz CT molecular complexity index is 844. The van der Waals surface area contributed by atoms with Crippen LogP contribution in [-0.4, -0.2) is 18.9 Å². The van der Waals surface area contributed by atoms with Gasteiger partial charge in [-0.15, -0.1) is 11.3 Å². The molecule has 0 saturated heterocycles. The lowest BCUT2D eigenvalue weighted by atomic mass is 9.98. The van der Waals surface area contributed by atoms with Crippen molar-refractivity contribution in [1.29, 1.82) is 0 Å². The fraction of sp³-hybridized carbons (Fsp3) is 0.526. The maximum Gasteiger partial charge on any atom is 0.241 e. The molecular weight excluding hydrogens is 366 g/mol. The summed E-state index contributed by atoms with van der Waals surface area (Å²) in [5.74, 6) is 0. The molecule has 7 heteroatoms. The predicted octanol–water partition coefficient (Wildman–Crippen LogP) is 3.81. The lowest BCUT2D eigenvalue weighted by Crippen LogP contribution is -2.40. The van der Waals surface area contributed by atoms with Crippen LogP contribution >= 0.6 is 11.3 Å². The van der Waals surface area contributed by atoms with Crippen LogP contribution in [0.5, 0.6) is 0 Å². The van der Waals surface area contributed by atoms with E-state index in [0.717, 1.165) is 16.3 Å². The molecule has 0 atom stereocenters. The summed E-state index contributed by atoms with van der Waals surface area (Å²) in [6.07, 6.45) is 0. The quantitative estimate of drug-likeness (QED) is 0.780. The molecule has 0 radical (unpaired) electrons. The van der Waals surface area contributed by atoms with Gasteiger partial charge in [0.15, 0.2) is 0 Å². The van der Waals surface area contributed by atoms with Crippen LogP contribution in [0.2, 0.25) is 0 Å². The molecule has 26 heavy (non-hydrogen) atoms. The predicted molar refractivity (Wildman–Crippen MR) is 108 cm³/mol. The summed E-state index contributed by atoms with van der Waals surface area (Å²) in [7, 11) is -3.56. The van der Waals surface area contributed by atoms with E-state index in [1.165, 1.54) is 0 Å². The van der Waals surface area contributed by atoms with E-state index in [2.05, 4.69) is 41.2 Å². The molecule has 0 aliphatic carbocycles. The molecule has 2 aromatic rings. The highest BCUT2D eigenvalue weighted by Crippen LogP contribution is 2.25. The molecule has 0 unspecified atom stereocenters. The molecule has 1 aromatic carbocycles. The summed E-state index contributed by atoms with van der Waals surface area (Å²) in [5.41, 5.74) is 1.24. The van der Waals surface area contributed by atoms with Crippen LogP contribution in [0.3, 0.4) is 0 Å². The Balaban J connectivity index is 2.08. The first kappa shape index (κ1) is 21.0. The summed E-state index contributed by atoms with van der Waals surface area (Å²) < 4.78 is 28.0. The summed E-state index contributed by atoms with van der Waals surface area (Å²) in [6, 6.07) is 7.09. The third-order valence-corrected chi connectivity index (χ3v) is 6.69. The molecule has 0 spiro atoms. The third-order valence-electron chi connectivity index (χ3n) is 3.52. The second kappa shape index (κ2) is 7.76. The van der Waals surface area contributed by atoms with Crippen molar-refractivity contribution >= 4 is 21.4 Å². The Morgan fingerprint density at radius 3 is 2.27 bits per heavy atom. The highest BCUT2D eigenvalue weighted by Gasteiger charge is 2.24. The Kier molecular flexibility index (Phi) is 6.28. The third kappa shape index (κ3) is 5.87.